The van der Waals surface area contributed by atoms with Gasteiger partial charge in [-0.25, -0.2) is 14.0 Å². The Morgan fingerprint density at radius 1 is 1.33 bits per heavy atom. The number of rotatable bonds is 8. The molecule has 144 valence electrons. The Labute approximate surface area is 159 Å². The maximum atomic E-state index is 14.2. The lowest BCUT2D eigenvalue weighted by Gasteiger charge is -2.11. The summed E-state index contributed by atoms with van der Waals surface area (Å²) in [6.45, 7) is 0.567. The van der Waals surface area contributed by atoms with E-state index in [0.717, 1.165) is 26.4 Å². The number of hydrogen-bond donors (Lipinski definition) is 1. The summed E-state index contributed by atoms with van der Waals surface area (Å²) in [5.41, 5.74) is 0.0206. The molecule has 1 N–H and O–H groups in total. The number of nitrogens with zero attached hydrogens (tertiary/aromatic N) is 2. The van der Waals surface area contributed by atoms with E-state index in [9.17, 15) is 14.0 Å². The zero-order chi connectivity index (χ0) is 19.8. The van der Waals surface area contributed by atoms with Crippen molar-refractivity contribution in [3.05, 3.63) is 53.2 Å². The van der Waals surface area contributed by atoms with Crippen molar-refractivity contribution in [2.75, 3.05) is 26.1 Å². The average Bonchev–Trinajstić information content (AvgIpc) is 3.07. The van der Waals surface area contributed by atoms with Crippen molar-refractivity contribution in [2.45, 2.75) is 6.54 Å². The number of ether oxygens (including phenoxy) is 3. The molecule has 0 bridgehead atoms. The maximum Gasteiger partial charge on any atom is 0.354 e. The fourth-order valence-corrected chi connectivity index (χ4v) is 2.15. The van der Waals surface area contributed by atoms with Gasteiger partial charge in [0.05, 0.1) is 38.1 Å². The van der Waals surface area contributed by atoms with Gasteiger partial charge in [-0.15, -0.1) is 0 Å². The minimum atomic E-state index is -0.806. The van der Waals surface area contributed by atoms with Crippen molar-refractivity contribution in [3.63, 3.8) is 0 Å². The highest BCUT2D eigenvalue weighted by Gasteiger charge is 2.14. The predicted octanol–water partition coefficient (Wildman–Crippen LogP) is 2.40. The summed E-state index contributed by atoms with van der Waals surface area (Å²) in [6.07, 6.45) is 4.02. The van der Waals surface area contributed by atoms with Crippen LogP contribution in [0.3, 0.4) is 0 Å². The number of carbonyl (C=O) groups is 2. The molecule has 10 heteroatoms. The molecule has 27 heavy (non-hydrogen) atoms. The molecule has 0 atom stereocenters. The Hall–Kier alpha value is -3.07. The first-order valence-electron chi connectivity index (χ1n) is 7.68. The number of hydrogen-bond acceptors (Lipinski definition) is 7. The second kappa shape index (κ2) is 9.58. The number of halogens is 2. The monoisotopic (exact) mass is 397 g/mol. The molecule has 1 aromatic heterocycles. The van der Waals surface area contributed by atoms with Gasteiger partial charge in [0.2, 0.25) is 0 Å². The smallest absolute Gasteiger partial charge is 0.354 e. The molecular formula is C17H17ClFN3O5. The molecule has 0 spiro atoms. The molecule has 0 amide bonds. The standard InChI is InChI=1S/C17H17ClFN3O5/c1-25-16(23)8-14(17(24)26-2)21-12-3-4-15(13(19)7-12)27-6-5-22-10-11(18)9-20-22/h3-4,7-10,21H,5-6H2,1-2H3/b14-8+. The third-order valence-electron chi connectivity index (χ3n) is 3.26. The number of esters is 2. The topological polar surface area (TPSA) is 91.7 Å². The van der Waals surface area contributed by atoms with Crippen molar-refractivity contribution < 1.29 is 28.2 Å². The molecule has 0 aliphatic rings. The van der Waals surface area contributed by atoms with Crippen LogP contribution < -0.4 is 10.1 Å². The molecule has 0 aliphatic heterocycles. The van der Waals surface area contributed by atoms with Crippen LogP contribution in [0.25, 0.3) is 0 Å². The van der Waals surface area contributed by atoms with E-state index in [1.165, 1.54) is 18.3 Å². The maximum absolute atomic E-state index is 14.2. The Morgan fingerprint density at radius 3 is 2.70 bits per heavy atom. The van der Waals surface area contributed by atoms with Crippen molar-refractivity contribution in [3.8, 4) is 5.75 Å². The van der Waals surface area contributed by atoms with Crippen LogP contribution in [0.4, 0.5) is 10.1 Å². The first kappa shape index (κ1) is 20.2. The normalized spacial score (nSPS) is 11.0. The fraction of sp³-hybridized carbons (Fsp3) is 0.235. The number of anilines is 1. The first-order chi connectivity index (χ1) is 12.9. The highest BCUT2D eigenvalue weighted by atomic mass is 35.5. The van der Waals surface area contributed by atoms with Gasteiger partial charge in [0.25, 0.3) is 0 Å². The summed E-state index contributed by atoms with van der Waals surface area (Å²) in [4.78, 5) is 23.0. The first-order valence-corrected chi connectivity index (χ1v) is 8.06. The van der Waals surface area contributed by atoms with Crippen molar-refractivity contribution in [1.29, 1.82) is 0 Å². The molecule has 2 rings (SSSR count). The lowest BCUT2D eigenvalue weighted by atomic mass is 10.2. The van der Waals surface area contributed by atoms with E-state index in [2.05, 4.69) is 19.9 Å². The number of carbonyl (C=O) groups excluding carboxylic acids is 2. The summed E-state index contributed by atoms with van der Waals surface area (Å²) in [6, 6.07) is 3.99. The molecule has 0 aliphatic carbocycles. The van der Waals surface area contributed by atoms with Crippen molar-refractivity contribution >= 4 is 29.2 Å². The number of benzene rings is 1. The van der Waals surface area contributed by atoms with Crippen LogP contribution >= 0.6 is 11.6 Å². The van der Waals surface area contributed by atoms with Crippen LogP contribution in [-0.2, 0) is 25.6 Å². The van der Waals surface area contributed by atoms with Crippen LogP contribution in [-0.4, -0.2) is 42.5 Å². The second-order valence-electron chi connectivity index (χ2n) is 5.11. The van der Waals surface area contributed by atoms with E-state index in [0.29, 0.717) is 11.6 Å². The van der Waals surface area contributed by atoms with E-state index >= 15 is 0 Å². The van der Waals surface area contributed by atoms with E-state index in [-0.39, 0.29) is 23.7 Å². The highest BCUT2D eigenvalue weighted by molar-refractivity contribution is 6.30. The number of nitrogens with one attached hydrogen (secondary N) is 1. The quantitative estimate of drug-likeness (QED) is 0.540. The Bertz CT molecular complexity index is 853. The van der Waals surface area contributed by atoms with Gasteiger partial charge < -0.3 is 19.5 Å². The second-order valence-corrected chi connectivity index (χ2v) is 5.55. The zero-order valence-corrected chi connectivity index (χ0v) is 15.3. The van der Waals surface area contributed by atoms with E-state index in [1.54, 1.807) is 10.9 Å². The van der Waals surface area contributed by atoms with Crippen molar-refractivity contribution in [1.82, 2.24) is 9.78 Å². The molecule has 0 fully saturated rings. The third-order valence-corrected chi connectivity index (χ3v) is 3.45. The molecule has 1 aromatic carbocycles. The van der Waals surface area contributed by atoms with Crippen LogP contribution in [0.2, 0.25) is 5.02 Å². The van der Waals surface area contributed by atoms with Crippen LogP contribution in [0, 0.1) is 5.82 Å². The molecule has 0 unspecified atom stereocenters. The van der Waals surface area contributed by atoms with Crippen LogP contribution in [0.15, 0.2) is 42.4 Å². The average molecular weight is 398 g/mol. The predicted molar refractivity (Wildman–Crippen MR) is 94.9 cm³/mol. The highest BCUT2D eigenvalue weighted by Crippen LogP contribution is 2.22. The summed E-state index contributed by atoms with van der Waals surface area (Å²) < 4.78 is 30.2. The zero-order valence-electron chi connectivity index (χ0n) is 14.6. The third kappa shape index (κ3) is 6.00. The van der Waals surface area contributed by atoms with E-state index in [1.807, 2.05) is 0 Å². The van der Waals surface area contributed by atoms with Gasteiger partial charge in [0.1, 0.15) is 12.3 Å². The lowest BCUT2D eigenvalue weighted by molar-refractivity contribution is -0.138. The summed E-state index contributed by atoms with van der Waals surface area (Å²) in [7, 11) is 2.32. The van der Waals surface area contributed by atoms with Gasteiger partial charge in [-0.05, 0) is 12.1 Å². The van der Waals surface area contributed by atoms with Gasteiger partial charge in [-0.2, -0.15) is 5.10 Å². The van der Waals surface area contributed by atoms with E-state index in [4.69, 9.17) is 16.3 Å². The SMILES string of the molecule is COC(=O)/C=C(/Nc1ccc(OCCn2cc(Cl)cn2)c(F)c1)C(=O)OC. The lowest BCUT2D eigenvalue weighted by Crippen LogP contribution is -2.15. The minimum absolute atomic E-state index is 0.0235. The van der Waals surface area contributed by atoms with Gasteiger partial charge >= 0.3 is 11.9 Å². The molecule has 1 heterocycles. The van der Waals surface area contributed by atoms with Crippen molar-refractivity contribution in [2.24, 2.45) is 0 Å². The van der Waals surface area contributed by atoms with E-state index < -0.39 is 17.8 Å². The summed E-state index contributed by atoms with van der Waals surface area (Å²) in [5, 5.41) is 7.09. The number of aromatic nitrogens is 2. The Kier molecular flexibility index (Phi) is 7.18. The molecule has 0 radical (unpaired) electrons. The van der Waals surface area contributed by atoms with Crippen LogP contribution in [0.1, 0.15) is 0 Å². The van der Waals surface area contributed by atoms with Crippen LogP contribution in [0.5, 0.6) is 5.75 Å². The minimum Gasteiger partial charge on any atom is -0.489 e. The number of methoxy groups -OCH3 is 2. The summed E-state index contributed by atoms with van der Waals surface area (Å²) in [5.74, 6) is -2.20. The van der Waals surface area contributed by atoms with Gasteiger partial charge in [0, 0.05) is 18.0 Å². The van der Waals surface area contributed by atoms with Gasteiger partial charge in [-0.1, -0.05) is 11.6 Å². The molecular weight excluding hydrogens is 381 g/mol. The van der Waals surface area contributed by atoms with Gasteiger partial charge in [0.15, 0.2) is 11.6 Å². The summed E-state index contributed by atoms with van der Waals surface area (Å²) >= 11 is 5.76. The molecule has 0 saturated heterocycles. The molecule has 0 saturated carbocycles. The molecule has 2 aromatic rings. The Morgan fingerprint density at radius 2 is 2.11 bits per heavy atom. The fourth-order valence-electron chi connectivity index (χ4n) is 1.99. The largest absolute Gasteiger partial charge is 0.489 e. The van der Waals surface area contributed by atoms with Gasteiger partial charge in [-0.3, -0.25) is 4.68 Å². The Balaban J connectivity index is 2.02. The molecule has 8 nitrogen and oxygen atoms in total.